The summed E-state index contributed by atoms with van der Waals surface area (Å²) in [5.41, 5.74) is 1.04. The molecule has 5 nitrogen and oxygen atoms in total. The lowest BCUT2D eigenvalue weighted by Gasteiger charge is -2.25. The Labute approximate surface area is 124 Å². The minimum atomic E-state index is -0.747. The third kappa shape index (κ3) is 3.42. The van der Waals surface area contributed by atoms with Gasteiger partial charge in [-0.3, -0.25) is 4.79 Å². The van der Waals surface area contributed by atoms with Crippen molar-refractivity contribution in [2.75, 3.05) is 6.61 Å². The summed E-state index contributed by atoms with van der Waals surface area (Å²) in [6.07, 6.45) is -0.328. The minimum absolute atomic E-state index is 0.203. The largest absolute Gasteiger partial charge is 0.447 e. The molecule has 0 aromatic heterocycles. The molecule has 2 amide bonds. The van der Waals surface area contributed by atoms with E-state index in [1.165, 1.54) is 0 Å². The Hall–Kier alpha value is -1.88. The monoisotopic (exact) mass is 291 g/mol. The van der Waals surface area contributed by atoms with Gasteiger partial charge in [-0.05, 0) is 18.4 Å². The maximum absolute atomic E-state index is 12.4. The van der Waals surface area contributed by atoms with E-state index in [2.05, 4.69) is 0 Å². The summed E-state index contributed by atoms with van der Waals surface area (Å²) in [5, 5.41) is 9.82. The molecule has 1 heterocycles. The number of hydrogen-bond acceptors (Lipinski definition) is 4. The smallest absolute Gasteiger partial charge is 0.416 e. The molecule has 0 radical (unpaired) electrons. The fourth-order valence-electron chi connectivity index (χ4n) is 2.50. The van der Waals surface area contributed by atoms with Gasteiger partial charge in [0.15, 0.2) is 0 Å². The van der Waals surface area contributed by atoms with Gasteiger partial charge in [0.2, 0.25) is 5.91 Å². The van der Waals surface area contributed by atoms with E-state index in [1.54, 1.807) is 13.8 Å². The fourth-order valence-corrected chi connectivity index (χ4v) is 2.50. The molecule has 1 aliphatic heterocycles. The van der Waals surface area contributed by atoms with E-state index in [0.29, 0.717) is 12.8 Å². The molecule has 2 rings (SSSR count). The van der Waals surface area contributed by atoms with Gasteiger partial charge in [-0.2, -0.15) is 0 Å². The summed E-state index contributed by atoms with van der Waals surface area (Å²) in [6, 6.07) is 9.36. The van der Waals surface area contributed by atoms with E-state index >= 15 is 0 Å². The number of carbonyl (C=O) groups is 2. The second-order valence-electron chi connectivity index (χ2n) is 5.39. The van der Waals surface area contributed by atoms with Crippen molar-refractivity contribution in [2.45, 2.75) is 38.8 Å². The predicted octanol–water partition coefficient (Wildman–Crippen LogP) is 1.98. The normalized spacial score (nSPS) is 21.0. The highest BCUT2D eigenvalue weighted by Crippen LogP contribution is 2.21. The average Bonchev–Trinajstić information content (AvgIpc) is 2.86. The van der Waals surface area contributed by atoms with Crippen LogP contribution in [0.1, 0.15) is 25.8 Å². The van der Waals surface area contributed by atoms with Crippen molar-refractivity contribution >= 4 is 12.0 Å². The highest BCUT2D eigenvalue weighted by Gasteiger charge is 2.40. The molecule has 5 heteroatoms. The van der Waals surface area contributed by atoms with Crippen molar-refractivity contribution in [1.82, 2.24) is 4.90 Å². The Kier molecular flexibility index (Phi) is 4.96. The first-order chi connectivity index (χ1) is 10.0. The van der Waals surface area contributed by atoms with Gasteiger partial charge in [-0.1, -0.05) is 44.2 Å². The molecule has 1 saturated heterocycles. The number of carbonyl (C=O) groups excluding carboxylic acids is 2. The van der Waals surface area contributed by atoms with Crippen LogP contribution in [0, 0.1) is 5.92 Å². The lowest BCUT2D eigenvalue weighted by atomic mass is 9.99. The van der Waals surface area contributed by atoms with Crippen LogP contribution in [-0.4, -0.2) is 40.8 Å². The summed E-state index contributed by atoms with van der Waals surface area (Å²) in [7, 11) is 0. The number of hydrogen-bond donors (Lipinski definition) is 1. The Bertz CT molecular complexity index is 502. The number of benzene rings is 1. The van der Waals surface area contributed by atoms with E-state index in [4.69, 9.17) is 4.74 Å². The van der Waals surface area contributed by atoms with Gasteiger partial charge in [-0.15, -0.1) is 0 Å². The Morgan fingerprint density at radius 3 is 2.71 bits per heavy atom. The van der Waals surface area contributed by atoms with Gasteiger partial charge in [0, 0.05) is 0 Å². The van der Waals surface area contributed by atoms with Gasteiger partial charge in [-0.25, -0.2) is 9.69 Å². The van der Waals surface area contributed by atoms with Crippen LogP contribution < -0.4 is 0 Å². The molecule has 1 aromatic carbocycles. The highest BCUT2D eigenvalue weighted by molar-refractivity contribution is 5.94. The standard InChI is InChI=1S/C16H21NO4/c1-3-14(18)11(2)15(19)17-13(10-21-16(17)20)9-12-7-5-4-6-8-12/h4-8,11,13-14,18H,3,9-10H2,1-2H3/t11-,13?,14+/m0/s1. The van der Waals surface area contributed by atoms with Crippen molar-refractivity contribution in [3.63, 3.8) is 0 Å². The van der Waals surface area contributed by atoms with Crippen LogP contribution in [0.25, 0.3) is 0 Å². The van der Waals surface area contributed by atoms with E-state index in [1.807, 2.05) is 30.3 Å². The number of imide groups is 1. The molecule has 1 unspecified atom stereocenters. The number of rotatable bonds is 5. The lowest BCUT2D eigenvalue weighted by molar-refractivity contribution is -0.136. The molecular formula is C16H21NO4. The highest BCUT2D eigenvalue weighted by atomic mass is 16.6. The zero-order chi connectivity index (χ0) is 15.4. The van der Waals surface area contributed by atoms with Gasteiger partial charge < -0.3 is 9.84 Å². The zero-order valence-electron chi connectivity index (χ0n) is 12.4. The Morgan fingerprint density at radius 1 is 1.43 bits per heavy atom. The van der Waals surface area contributed by atoms with Crippen LogP contribution in [-0.2, 0) is 16.0 Å². The number of cyclic esters (lactones) is 1. The van der Waals surface area contributed by atoms with Crippen LogP contribution >= 0.6 is 0 Å². The van der Waals surface area contributed by atoms with Crippen LogP contribution in [0.15, 0.2) is 30.3 Å². The Balaban J connectivity index is 2.11. The molecule has 0 saturated carbocycles. The van der Waals surface area contributed by atoms with E-state index in [0.717, 1.165) is 10.5 Å². The molecule has 0 spiro atoms. The number of aliphatic hydroxyl groups is 1. The third-order valence-corrected chi connectivity index (χ3v) is 3.90. The summed E-state index contributed by atoms with van der Waals surface area (Å²) in [5.74, 6) is -0.980. The zero-order valence-corrected chi connectivity index (χ0v) is 12.4. The third-order valence-electron chi connectivity index (χ3n) is 3.90. The SMILES string of the molecule is CC[C@@H](O)[C@H](C)C(=O)N1C(=O)OCC1Cc1ccccc1. The van der Waals surface area contributed by atoms with Crippen LogP contribution in [0.5, 0.6) is 0 Å². The van der Waals surface area contributed by atoms with Crippen molar-refractivity contribution < 1.29 is 19.4 Å². The molecule has 0 aliphatic carbocycles. The summed E-state index contributed by atoms with van der Waals surface area (Å²) in [4.78, 5) is 25.4. The van der Waals surface area contributed by atoms with E-state index < -0.39 is 18.1 Å². The number of nitrogens with zero attached hydrogens (tertiary/aromatic N) is 1. The minimum Gasteiger partial charge on any atom is -0.447 e. The van der Waals surface area contributed by atoms with Crippen molar-refractivity contribution in [3.05, 3.63) is 35.9 Å². The van der Waals surface area contributed by atoms with E-state index in [-0.39, 0.29) is 18.6 Å². The molecule has 0 bridgehead atoms. The first-order valence-electron chi connectivity index (χ1n) is 7.26. The predicted molar refractivity (Wildman–Crippen MR) is 77.6 cm³/mol. The van der Waals surface area contributed by atoms with Crippen molar-refractivity contribution in [1.29, 1.82) is 0 Å². The summed E-state index contributed by atoms with van der Waals surface area (Å²) in [6.45, 7) is 3.65. The first kappa shape index (κ1) is 15.5. The maximum Gasteiger partial charge on any atom is 0.416 e. The van der Waals surface area contributed by atoms with Crippen molar-refractivity contribution in [2.24, 2.45) is 5.92 Å². The van der Waals surface area contributed by atoms with Gasteiger partial charge in [0.1, 0.15) is 6.61 Å². The quantitative estimate of drug-likeness (QED) is 0.901. The van der Waals surface area contributed by atoms with Crippen molar-refractivity contribution in [3.8, 4) is 0 Å². The second kappa shape index (κ2) is 6.72. The molecule has 1 aliphatic rings. The molecule has 1 aromatic rings. The molecular weight excluding hydrogens is 270 g/mol. The number of amides is 2. The molecule has 114 valence electrons. The van der Waals surface area contributed by atoms with Crippen LogP contribution in [0.2, 0.25) is 0 Å². The summed E-state index contributed by atoms with van der Waals surface area (Å²) >= 11 is 0. The van der Waals surface area contributed by atoms with Crippen LogP contribution in [0.3, 0.4) is 0 Å². The van der Waals surface area contributed by atoms with Crippen LogP contribution in [0.4, 0.5) is 4.79 Å². The molecule has 1 fully saturated rings. The summed E-state index contributed by atoms with van der Waals surface area (Å²) < 4.78 is 5.02. The molecule has 1 N–H and O–H groups in total. The maximum atomic E-state index is 12.4. The van der Waals surface area contributed by atoms with Gasteiger partial charge in [0.05, 0.1) is 18.1 Å². The lowest BCUT2D eigenvalue weighted by Crippen LogP contribution is -2.45. The molecule has 21 heavy (non-hydrogen) atoms. The first-order valence-corrected chi connectivity index (χ1v) is 7.26. The topological polar surface area (TPSA) is 66.8 Å². The number of aliphatic hydroxyl groups excluding tert-OH is 1. The van der Waals surface area contributed by atoms with Gasteiger partial charge >= 0.3 is 6.09 Å². The second-order valence-corrected chi connectivity index (χ2v) is 5.39. The average molecular weight is 291 g/mol. The number of ether oxygens (including phenoxy) is 1. The van der Waals surface area contributed by atoms with Gasteiger partial charge in [0.25, 0.3) is 0 Å². The van der Waals surface area contributed by atoms with E-state index in [9.17, 15) is 14.7 Å². The Morgan fingerprint density at radius 2 is 2.10 bits per heavy atom. The molecule has 3 atom stereocenters. The fraction of sp³-hybridized carbons (Fsp3) is 0.500.